The number of rotatable bonds is 9. The van der Waals surface area contributed by atoms with Gasteiger partial charge < -0.3 is 9.47 Å². The maximum Gasteiger partial charge on any atom is 0.460 e. The second kappa shape index (κ2) is 11.1. The highest BCUT2D eigenvalue weighted by molar-refractivity contribution is 5.96. The molecule has 0 spiro atoms. The molecule has 0 atom stereocenters. The van der Waals surface area contributed by atoms with Crippen molar-refractivity contribution in [1.82, 2.24) is 9.97 Å². The first-order valence-corrected chi connectivity index (χ1v) is 9.62. The maximum absolute atomic E-state index is 13.5. The number of carbonyl (C=O) groups is 3. The Morgan fingerprint density at radius 1 is 0.489 bits per heavy atom. The van der Waals surface area contributed by atoms with E-state index in [4.69, 9.17) is 0 Å². The van der Waals surface area contributed by atoms with Crippen molar-refractivity contribution in [2.24, 2.45) is 0 Å². The molecule has 0 aliphatic carbocycles. The summed E-state index contributed by atoms with van der Waals surface area (Å²) in [6, 6.07) is -0.905. The first-order valence-electron chi connectivity index (χ1n) is 9.62. The summed E-state index contributed by atoms with van der Waals surface area (Å²) in [5.74, 6) is -63.3. The summed E-state index contributed by atoms with van der Waals surface area (Å²) in [7, 11) is 0. The standard InChI is InChI=1S/C16H2F21N3O5/c17-8(18,11(23,24)14(29,30)31)4(41)40-7-38-2(44-5(42)9(19,20)12(25,26)15(32,33)34)1-3(39-7)45-6(43)10(21,22)13(27,28)16(35,36)37/h1H,(H,38,39,40,41). The second-order valence-corrected chi connectivity index (χ2v) is 7.54. The normalized spacial score (nSPS) is 14.6. The lowest BCUT2D eigenvalue weighted by Crippen LogP contribution is -2.58. The van der Waals surface area contributed by atoms with E-state index in [1.165, 1.54) is 0 Å². The van der Waals surface area contributed by atoms with Crippen LogP contribution in [-0.4, -0.2) is 81.9 Å². The molecule has 0 aromatic carbocycles. The van der Waals surface area contributed by atoms with Crippen molar-refractivity contribution in [3.8, 4) is 11.8 Å². The molecule has 0 bridgehead atoms. The third-order valence-corrected chi connectivity index (χ3v) is 4.35. The predicted molar refractivity (Wildman–Crippen MR) is 89.8 cm³/mol. The molecule has 1 amide bonds. The van der Waals surface area contributed by atoms with E-state index >= 15 is 0 Å². The number of anilines is 1. The van der Waals surface area contributed by atoms with Crippen LogP contribution in [0.4, 0.5) is 98.1 Å². The Morgan fingerprint density at radius 3 is 1.02 bits per heavy atom. The zero-order valence-electron chi connectivity index (χ0n) is 19.5. The molecule has 1 heterocycles. The van der Waals surface area contributed by atoms with Crippen molar-refractivity contribution < 1.29 is 116 Å². The van der Waals surface area contributed by atoms with E-state index in [0.717, 1.165) is 0 Å². The van der Waals surface area contributed by atoms with Crippen molar-refractivity contribution >= 4 is 23.8 Å². The number of esters is 2. The largest absolute Gasteiger partial charge is 0.460 e. The third-order valence-electron chi connectivity index (χ3n) is 4.35. The van der Waals surface area contributed by atoms with Gasteiger partial charge in [-0.1, -0.05) is 0 Å². The Morgan fingerprint density at radius 2 is 0.756 bits per heavy atom. The van der Waals surface area contributed by atoms with Gasteiger partial charge in [0.25, 0.3) is 0 Å². The molecule has 1 N–H and O–H groups in total. The van der Waals surface area contributed by atoms with Gasteiger partial charge in [0, 0.05) is 0 Å². The Bertz CT molecular complexity index is 1150. The zero-order chi connectivity index (χ0) is 36.2. The van der Waals surface area contributed by atoms with Crippen LogP contribution in [0.15, 0.2) is 6.07 Å². The molecular formula is C16H2F21N3O5. The number of aromatic nitrogens is 2. The monoisotopic (exact) mass is 715 g/mol. The van der Waals surface area contributed by atoms with Crippen LogP contribution in [0.25, 0.3) is 0 Å². The molecule has 45 heavy (non-hydrogen) atoms. The summed E-state index contributed by atoms with van der Waals surface area (Å²) in [6.07, 6.45) is -21.9. The number of hydrogen-bond donors (Lipinski definition) is 1. The lowest BCUT2D eigenvalue weighted by Gasteiger charge is -2.27. The van der Waals surface area contributed by atoms with Crippen LogP contribution in [-0.2, 0) is 14.4 Å². The predicted octanol–water partition coefficient (Wildman–Crippen LogP) is 5.72. The minimum absolute atomic E-state index is 0.0691. The van der Waals surface area contributed by atoms with Gasteiger partial charge in [0.2, 0.25) is 17.7 Å². The molecule has 0 aliphatic rings. The number of alkyl halides is 21. The average Bonchev–Trinajstić information content (AvgIpc) is 2.81. The summed E-state index contributed by atoms with van der Waals surface area (Å²) < 4.78 is 275. The number of ether oxygens (including phenoxy) is 2. The summed E-state index contributed by atoms with van der Waals surface area (Å²) in [4.78, 5) is 38.3. The van der Waals surface area contributed by atoms with E-state index < -0.39 is 95.7 Å². The fourth-order valence-corrected chi connectivity index (χ4v) is 2.00. The number of carbonyl (C=O) groups excluding carboxylic acids is 3. The lowest BCUT2D eigenvalue weighted by atomic mass is 10.1. The van der Waals surface area contributed by atoms with Crippen LogP contribution in [0.3, 0.4) is 0 Å². The molecule has 0 radical (unpaired) electrons. The van der Waals surface area contributed by atoms with Gasteiger partial charge >= 0.3 is 71.9 Å². The smallest absolute Gasteiger partial charge is 0.403 e. The number of nitrogens with one attached hydrogen (secondary N) is 1. The van der Waals surface area contributed by atoms with Crippen LogP contribution in [0, 0.1) is 0 Å². The lowest BCUT2D eigenvalue weighted by molar-refractivity contribution is -0.346. The topological polar surface area (TPSA) is 107 Å². The summed E-state index contributed by atoms with van der Waals surface area (Å²) >= 11 is 0. The van der Waals surface area contributed by atoms with E-state index in [0.29, 0.717) is 0 Å². The van der Waals surface area contributed by atoms with Gasteiger partial charge in [-0.15, -0.1) is 0 Å². The minimum Gasteiger partial charge on any atom is -0.403 e. The van der Waals surface area contributed by atoms with Gasteiger partial charge in [-0.3, -0.25) is 10.1 Å². The van der Waals surface area contributed by atoms with Gasteiger partial charge in [-0.2, -0.15) is 102 Å². The van der Waals surface area contributed by atoms with Gasteiger partial charge in [-0.25, -0.2) is 9.59 Å². The van der Waals surface area contributed by atoms with Crippen LogP contribution < -0.4 is 14.8 Å². The van der Waals surface area contributed by atoms with Crippen molar-refractivity contribution in [1.29, 1.82) is 0 Å². The van der Waals surface area contributed by atoms with Gasteiger partial charge in [0.15, 0.2) is 0 Å². The SMILES string of the molecule is O=C(Nc1nc(OC(=O)C(F)(F)C(F)(F)C(F)(F)F)cc(OC(=O)C(F)(F)C(F)(F)C(F)(F)F)n1)C(F)(F)C(F)(F)C(F)(F)F. The van der Waals surface area contributed by atoms with E-state index in [-0.39, 0.29) is 5.32 Å². The number of halogens is 21. The Labute approximate surface area is 228 Å². The fraction of sp³-hybridized carbons (Fsp3) is 0.562. The number of amides is 1. The molecule has 1 aromatic rings. The molecule has 1 rings (SSSR count). The first-order chi connectivity index (χ1) is 19.5. The Balaban J connectivity index is 3.73. The second-order valence-electron chi connectivity index (χ2n) is 7.54. The zero-order valence-corrected chi connectivity index (χ0v) is 19.5. The molecule has 0 fully saturated rings. The van der Waals surface area contributed by atoms with E-state index in [9.17, 15) is 107 Å². The highest BCUT2D eigenvalue weighted by atomic mass is 19.4. The summed E-state index contributed by atoms with van der Waals surface area (Å²) in [5.41, 5.74) is 0. The van der Waals surface area contributed by atoms with Crippen LogP contribution in [0.2, 0.25) is 0 Å². The molecule has 258 valence electrons. The third kappa shape index (κ3) is 6.83. The Kier molecular flexibility index (Phi) is 9.65. The molecule has 8 nitrogen and oxygen atoms in total. The summed E-state index contributed by atoms with van der Waals surface area (Å²) in [6.45, 7) is 0. The molecule has 0 saturated heterocycles. The van der Waals surface area contributed by atoms with Crippen molar-refractivity contribution in [2.75, 3.05) is 5.32 Å². The van der Waals surface area contributed by atoms with Gasteiger partial charge in [0.05, 0.1) is 6.07 Å². The minimum atomic E-state index is -7.38. The van der Waals surface area contributed by atoms with Crippen LogP contribution in [0.5, 0.6) is 11.8 Å². The molecule has 1 aromatic heterocycles. The highest BCUT2D eigenvalue weighted by Gasteiger charge is 2.79. The van der Waals surface area contributed by atoms with Crippen molar-refractivity contribution in [2.45, 2.75) is 54.1 Å². The summed E-state index contributed by atoms with van der Waals surface area (Å²) in [5, 5.41) is 0.0691. The number of hydrogen-bond acceptors (Lipinski definition) is 7. The molecule has 29 heteroatoms. The van der Waals surface area contributed by atoms with Gasteiger partial charge in [-0.05, 0) is 0 Å². The number of nitrogens with zero attached hydrogens (tertiary/aromatic N) is 2. The van der Waals surface area contributed by atoms with Gasteiger partial charge in [0.1, 0.15) is 0 Å². The molecule has 0 unspecified atom stereocenters. The van der Waals surface area contributed by atoms with E-state index in [1.807, 2.05) is 0 Å². The van der Waals surface area contributed by atoms with Crippen LogP contribution >= 0.6 is 0 Å². The average molecular weight is 715 g/mol. The Hall–Kier alpha value is -3.98. The van der Waals surface area contributed by atoms with Crippen LogP contribution in [0.1, 0.15) is 0 Å². The van der Waals surface area contributed by atoms with Crippen molar-refractivity contribution in [3.05, 3.63) is 6.07 Å². The fourth-order valence-electron chi connectivity index (χ4n) is 2.00. The van der Waals surface area contributed by atoms with E-state index in [2.05, 4.69) is 19.4 Å². The van der Waals surface area contributed by atoms with Crippen molar-refractivity contribution in [3.63, 3.8) is 0 Å². The molecular weight excluding hydrogens is 713 g/mol. The quantitative estimate of drug-likeness (QED) is 0.258. The maximum atomic E-state index is 13.5. The molecule has 0 aliphatic heterocycles. The van der Waals surface area contributed by atoms with E-state index in [1.54, 1.807) is 0 Å². The highest BCUT2D eigenvalue weighted by Crippen LogP contribution is 2.49. The molecule has 0 saturated carbocycles. The first kappa shape index (κ1) is 39.0.